The predicted molar refractivity (Wildman–Crippen MR) is 112 cm³/mol. The Morgan fingerprint density at radius 3 is 2.78 bits per heavy atom. The third kappa shape index (κ3) is 7.69. The van der Waals surface area contributed by atoms with Gasteiger partial charge < -0.3 is 20.6 Å². The van der Waals surface area contributed by atoms with E-state index in [0.29, 0.717) is 18.4 Å². The highest BCUT2D eigenvalue weighted by Gasteiger charge is 2.44. The van der Waals surface area contributed by atoms with E-state index in [0.717, 1.165) is 51.5 Å². The molecular formula is C23H41NO3. The zero-order valence-corrected chi connectivity index (χ0v) is 17.2. The fourth-order valence-corrected chi connectivity index (χ4v) is 4.80. The second-order valence-corrected chi connectivity index (χ2v) is 8.49. The van der Waals surface area contributed by atoms with E-state index in [2.05, 4.69) is 24.4 Å². The monoisotopic (exact) mass is 379 g/mol. The van der Waals surface area contributed by atoms with Crippen molar-refractivity contribution >= 4 is 0 Å². The molecule has 0 aromatic carbocycles. The maximum atomic E-state index is 10.4. The van der Waals surface area contributed by atoms with Gasteiger partial charge in [-0.25, -0.2) is 0 Å². The SMILES string of the molecule is CCCCC[C@H](O)C=C[C@@H]1[C@H]2CC(=CCCCCNCCO)C[C@H]2C[C@H]1O. The number of hydrogen-bond donors (Lipinski definition) is 4. The summed E-state index contributed by atoms with van der Waals surface area (Å²) in [6, 6.07) is 0. The standard InChI is InChI=1S/C23H41NO3/c1-2-3-5-9-20(26)10-11-21-22-16-18(15-19(22)17-23(21)27)8-6-4-7-12-24-13-14-25/h8,10-11,19-27H,2-7,9,12-17H2,1H3/t19-,20-,21+,22-,23+/m0/s1. The van der Waals surface area contributed by atoms with E-state index < -0.39 is 0 Å². The van der Waals surface area contributed by atoms with E-state index in [-0.39, 0.29) is 24.7 Å². The Morgan fingerprint density at radius 2 is 2.00 bits per heavy atom. The lowest BCUT2D eigenvalue weighted by molar-refractivity contribution is 0.139. The molecule has 0 amide bonds. The van der Waals surface area contributed by atoms with Crippen molar-refractivity contribution in [3.05, 3.63) is 23.8 Å². The average molecular weight is 380 g/mol. The Balaban J connectivity index is 1.73. The van der Waals surface area contributed by atoms with Gasteiger partial charge in [-0.1, -0.05) is 50.0 Å². The Hall–Kier alpha value is -0.680. The second-order valence-electron chi connectivity index (χ2n) is 8.49. The molecule has 2 saturated carbocycles. The van der Waals surface area contributed by atoms with Gasteiger partial charge in [-0.2, -0.15) is 0 Å². The molecule has 0 unspecified atom stereocenters. The molecular weight excluding hydrogens is 338 g/mol. The molecule has 2 aliphatic rings. The largest absolute Gasteiger partial charge is 0.395 e. The summed E-state index contributed by atoms with van der Waals surface area (Å²) in [7, 11) is 0. The minimum Gasteiger partial charge on any atom is -0.395 e. The Labute approximate surface area is 165 Å². The van der Waals surface area contributed by atoms with E-state index in [4.69, 9.17) is 5.11 Å². The van der Waals surface area contributed by atoms with Gasteiger partial charge in [0.2, 0.25) is 0 Å². The van der Waals surface area contributed by atoms with E-state index in [9.17, 15) is 10.2 Å². The molecule has 0 aromatic rings. The Morgan fingerprint density at radius 1 is 1.15 bits per heavy atom. The van der Waals surface area contributed by atoms with Gasteiger partial charge in [0.05, 0.1) is 18.8 Å². The summed E-state index contributed by atoms with van der Waals surface area (Å²) in [6.45, 7) is 4.06. The molecule has 0 bridgehead atoms. The number of allylic oxidation sites excluding steroid dienone is 2. The van der Waals surface area contributed by atoms with Gasteiger partial charge in [0, 0.05) is 12.5 Å². The molecule has 4 nitrogen and oxygen atoms in total. The van der Waals surface area contributed by atoms with Crippen LogP contribution < -0.4 is 5.32 Å². The van der Waals surface area contributed by atoms with Crippen LogP contribution in [-0.4, -0.2) is 47.2 Å². The third-order valence-electron chi connectivity index (χ3n) is 6.30. The molecule has 4 heteroatoms. The number of aliphatic hydroxyl groups is 3. The minimum atomic E-state index is -0.362. The van der Waals surface area contributed by atoms with Crippen molar-refractivity contribution in [2.45, 2.75) is 83.3 Å². The quantitative estimate of drug-likeness (QED) is 0.292. The Bertz CT molecular complexity index is 463. The first-order valence-electron chi connectivity index (χ1n) is 11.2. The van der Waals surface area contributed by atoms with Crippen molar-refractivity contribution in [3.8, 4) is 0 Å². The molecule has 0 saturated heterocycles. The number of nitrogens with one attached hydrogen (secondary N) is 1. The maximum Gasteiger partial charge on any atom is 0.0721 e. The van der Waals surface area contributed by atoms with Crippen molar-refractivity contribution in [2.75, 3.05) is 19.7 Å². The van der Waals surface area contributed by atoms with Crippen molar-refractivity contribution in [1.82, 2.24) is 5.32 Å². The molecule has 2 fully saturated rings. The fourth-order valence-electron chi connectivity index (χ4n) is 4.80. The van der Waals surface area contributed by atoms with E-state index >= 15 is 0 Å². The van der Waals surface area contributed by atoms with Gasteiger partial charge in [-0.05, 0) is 63.3 Å². The van der Waals surface area contributed by atoms with Crippen LogP contribution in [-0.2, 0) is 0 Å². The summed E-state index contributed by atoms with van der Waals surface area (Å²) in [5.41, 5.74) is 1.57. The topological polar surface area (TPSA) is 72.7 Å². The number of unbranched alkanes of at least 4 members (excludes halogenated alkanes) is 4. The molecule has 0 heterocycles. The summed E-state index contributed by atoms with van der Waals surface area (Å²) in [5.74, 6) is 1.38. The molecule has 2 aliphatic carbocycles. The van der Waals surface area contributed by atoms with Gasteiger partial charge in [0.25, 0.3) is 0 Å². The average Bonchev–Trinajstić information content (AvgIpc) is 3.16. The molecule has 0 spiro atoms. The van der Waals surface area contributed by atoms with Crippen molar-refractivity contribution in [3.63, 3.8) is 0 Å². The van der Waals surface area contributed by atoms with Gasteiger partial charge in [-0.3, -0.25) is 0 Å². The fraction of sp³-hybridized carbons (Fsp3) is 0.826. The smallest absolute Gasteiger partial charge is 0.0721 e. The lowest BCUT2D eigenvalue weighted by Crippen LogP contribution is -2.19. The van der Waals surface area contributed by atoms with Crippen LogP contribution in [0.15, 0.2) is 23.8 Å². The molecule has 2 rings (SSSR count). The van der Waals surface area contributed by atoms with E-state index in [1.807, 2.05) is 6.08 Å². The second kappa shape index (κ2) is 12.7. The number of aliphatic hydroxyl groups excluding tert-OH is 3. The van der Waals surface area contributed by atoms with Crippen molar-refractivity contribution < 1.29 is 15.3 Å². The summed E-state index contributed by atoms with van der Waals surface area (Å²) < 4.78 is 0. The first-order chi connectivity index (χ1) is 13.2. The molecule has 156 valence electrons. The summed E-state index contributed by atoms with van der Waals surface area (Å²) in [5, 5.41) is 32.5. The highest BCUT2D eigenvalue weighted by atomic mass is 16.3. The first kappa shape index (κ1) is 22.6. The summed E-state index contributed by atoms with van der Waals surface area (Å²) in [4.78, 5) is 0. The highest BCUT2D eigenvalue weighted by molar-refractivity contribution is 5.17. The highest BCUT2D eigenvalue weighted by Crippen LogP contribution is 2.50. The van der Waals surface area contributed by atoms with Crippen LogP contribution in [0.2, 0.25) is 0 Å². The molecule has 5 atom stereocenters. The van der Waals surface area contributed by atoms with Crippen LogP contribution in [0.3, 0.4) is 0 Å². The van der Waals surface area contributed by atoms with Crippen LogP contribution in [0.1, 0.15) is 71.1 Å². The van der Waals surface area contributed by atoms with Crippen LogP contribution in [0.5, 0.6) is 0 Å². The van der Waals surface area contributed by atoms with Gasteiger partial charge in [-0.15, -0.1) is 0 Å². The minimum absolute atomic E-state index is 0.212. The van der Waals surface area contributed by atoms with Gasteiger partial charge in [0.15, 0.2) is 0 Å². The van der Waals surface area contributed by atoms with Crippen molar-refractivity contribution in [2.24, 2.45) is 17.8 Å². The van der Waals surface area contributed by atoms with Crippen LogP contribution in [0.25, 0.3) is 0 Å². The first-order valence-corrected chi connectivity index (χ1v) is 11.2. The normalized spacial score (nSPS) is 30.4. The van der Waals surface area contributed by atoms with Gasteiger partial charge >= 0.3 is 0 Å². The maximum absolute atomic E-state index is 10.4. The number of rotatable bonds is 13. The lowest BCUT2D eigenvalue weighted by Gasteiger charge is -2.17. The molecule has 0 aromatic heterocycles. The van der Waals surface area contributed by atoms with Crippen molar-refractivity contribution in [1.29, 1.82) is 0 Å². The summed E-state index contributed by atoms with van der Waals surface area (Å²) >= 11 is 0. The van der Waals surface area contributed by atoms with E-state index in [1.165, 1.54) is 19.3 Å². The third-order valence-corrected chi connectivity index (χ3v) is 6.30. The van der Waals surface area contributed by atoms with Crippen LogP contribution in [0, 0.1) is 17.8 Å². The zero-order chi connectivity index (χ0) is 19.5. The van der Waals surface area contributed by atoms with E-state index in [1.54, 1.807) is 5.57 Å². The van der Waals surface area contributed by atoms with Crippen LogP contribution >= 0.6 is 0 Å². The molecule has 4 N–H and O–H groups in total. The predicted octanol–water partition coefficient (Wildman–Crippen LogP) is 3.57. The lowest BCUT2D eigenvalue weighted by atomic mass is 9.90. The molecule has 0 aliphatic heterocycles. The number of hydrogen-bond acceptors (Lipinski definition) is 4. The summed E-state index contributed by atoms with van der Waals surface area (Å²) in [6.07, 6.45) is 16.8. The van der Waals surface area contributed by atoms with Gasteiger partial charge in [0.1, 0.15) is 0 Å². The number of fused-ring (bicyclic) bond motifs is 1. The molecule has 27 heavy (non-hydrogen) atoms. The zero-order valence-electron chi connectivity index (χ0n) is 17.2. The van der Waals surface area contributed by atoms with Crippen LogP contribution in [0.4, 0.5) is 0 Å². The Kier molecular flexibility index (Phi) is 10.6. The molecule has 0 radical (unpaired) electrons.